The summed E-state index contributed by atoms with van der Waals surface area (Å²) in [6.07, 6.45) is 1.37. The Hall–Kier alpha value is -1.06. The van der Waals surface area contributed by atoms with Gasteiger partial charge in [-0.1, -0.05) is 0 Å². The van der Waals surface area contributed by atoms with Crippen LogP contribution in [-0.4, -0.2) is 22.2 Å². The van der Waals surface area contributed by atoms with Gasteiger partial charge in [-0.05, 0) is 18.8 Å². The molecule has 0 amide bonds. The van der Waals surface area contributed by atoms with Crippen molar-refractivity contribution in [1.29, 1.82) is 0 Å². The molecule has 0 spiro atoms. The van der Waals surface area contributed by atoms with Crippen molar-refractivity contribution in [2.75, 3.05) is 0 Å². The van der Waals surface area contributed by atoms with Crippen LogP contribution in [0.4, 0.5) is 0 Å². The quantitative estimate of drug-likeness (QED) is 0.629. The first kappa shape index (κ1) is 8.04. The molecule has 1 aliphatic rings. The highest BCUT2D eigenvalue weighted by molar-refractivity contribution is 5.74. The Balaban J connectivity index is 2.37. The molecule has 0 radical (unpaired) electrons. The van der Waals surface area contributed by atoms with Gasteiger partial charge in [-0.15, -0.1) is 0 Å². The van der Waals surface area contributed by atoms with E-state index in [1.807, 2.05) is 0 Å². The van der Waals surface area contributed by atoms with Crippen LogP contribution >= 0.6 is 0 Å². The molecule has 1 aliphatic carbocycles. The fourth-order valence-corrected chi connectivity index (χ4v) is 1.36. The van der Waals surface area contributed by atoms with Gasteiger partial charge in [-0.25, -0.2) is 0 Å². The van der Waals surface area contributed by atoms with Crippen molar-refractivity contribution >= 4 is 11.9 Å². The first-order valence-corrected chi connectivity index (χ1v) is 3.56. The van der Waals surface area contributed by atoms with Crippen LogP contribution < -0.4 is 0 Å². The Morgan fingerprint density at radius 1 is 1.27 bits per heavy atom. The number of carboxylic acids is 2. The van der Waals surface area contributed by atoms with Crippen LogP contribution in [0.5, 0.6) is 0 Å². The lowest BCUT2D eigenvalue weighted by atomic mass is 9.72. The number of hydrogen-bond acceptors (Lipinski definition) is 2. The second-order valence-electron chi connectivity index (χ2n) is 2.88. The van der Waals surface area contributed by atoms with E-state index in [0.29, 0.717) is 6.42 Å². The van der Waals surface area contributed by atoms with Crippen LogP contribution in [0.1, 0.15) is 19.3 Å². The van der Waals surface area contributed by atoms with Crippen LogP contribution in [0.25, 0.3) is 0 Å². The fourth-order valence-electron chi connectivity index (χ4n) is 1.36. The molecule has 0 aromatic heterocycles. The second-order valence-corrected chi connectivity index (χ2v) is 2.88. The first-order valence-electron chi connectivity index (χ1n) is 3.56. The number of carbonyl (C=O) groups is 2. The van der Waals surface area contributed by atoms with E-state index < -0.39 is 17.9 Å². The van der Waals surface area contributed by atoms with Crippen LogP contribution in [-0.2, 0) is 9.59 Å². The minimum atomic E-state index is -0.902. The van der Waals surface area contributed by atoms with E-state index in [1.54, 1.807) is 0 Å². The summed E-state index contributed by atoms with van der Waals surface area (Å²) in [6.45, 7) is 0. The Labute approximate surface area is 63.8 Å². The van der Waals surface area contributed by atoms with Gasteiger partial charge >= 0.3 is 11.9 Å². The predicted octanol–water partition coefficient (Wildman–Crippen LogP) is 0.572. The summed E-state index contributed by atoms with van der Waals surface area (Å²) in [5, 5.41) is 16.9. The lowest BCUT2D eigenvalue weighted by Crippen LogP contribution is -2.34. The third-order valence-corrected chi connectivity index (χ3v) is 2.17. The molecule has 1 fully saturated rings. The molecular weight excluding hydrogens is 148 g/mol. The topological polar surface area (TPSA) is 74.6 Å². The number of hydrogen-bond donors (Lipinski definition) is 2. The monoisotopic (exact) mass is 158 g/mol. The molecule has 0 heterocycles. The summed E-state index contributed by atoms with van der Waals surface area (Å²) in [6, 6.07) is 0. The number of aliphatic carboxylic acids is 2. The molecule has 11 heavy (non-hydrogen) atoms. The van der Waals surface area contributed by atoms with Crippen molar-refractivity contribution in [3.63, 3.8) is 0 Å². The van der Waals surface area contributed by atoms with E-state index in [9.17, 15) is 9.59 Å². The minimum Gasteiger partial charge on any atom is -0.481 e. The zero-order chi connectivity index (χ0) is 8.43. The van der Waals surface area contributed by atoms with E-state index in [-0.39, 0.29) is 12.3 Å². The maximum Gasteiger partial charge on any atom is 0.306 e. The zero-order valence-electron chi connectivity index (χ0n) is 5.99. The zero-order valence-corrected chi connectivity index (χ0v) is 5.99. The molecule has 4 nitrogen and oxygen atoms in total. The van der Waals surface area contributed by atoms with Gasteiger partial charge in [0.2, 0.25) is 0 Å². The summed E-state index contributed by atoms with van der Waals surface area (Å²) in [7, 11) is 0. The highest BCUT2D eigenvalue weighted by Crippen LogP contribution is 2.36. The van der Waals surface area contributed by atoms with Gasteiger partial charge in [-0.2, -0.15) is 0 Å². The van der Waals surface area contributed by atoms with Gasteiger partial charge in [0.15, 0.2) is 0 Å². The highest BCUT2D eigenvalue weighted by Gasteiger charge is 2.37. The average Bonchev–Trinajstić information content (AvgIpc) is 1.78. The molecule has 0 aromatic carbocycles. The Kier molecular flexibility index (Phi) is 2.12. The maximum atomic E-state index is 10.4. The third-order valence-electron chi connectivity index (χ3n) is 2.17. The molecule has 4 heteroatoms. The fraction of sp³-hybridized carbons (Fsp3) is 0.714. The molecular formula is C7H10O4. The molecule has 1 saturated carbocycles. The van der Waals surface area contributed by atoms with E-state index in [4.69, 9.17) is 10.2 Å². The summed E-state index contributed by atoms with van der Waals surface area (Å²) < 4.78 is 0. The third kappa shape index (κ3) is 1.69. The molecule has 1 rings (SSSR count). The Morgan fingerprint density at radius 2 is 1.91 bits per heavy atom. The van der Waals surface area contributed by atoms with Crippen LogP contribution in [0.2, 0.25) is 0 Å². The van der Waals surface area contributed by atoms with E-state index in [0.717, 1.165) is 6.42 Å². The van der Waals surface area contributed by atoms with Crippen molar-refractivity contribution < 1.29 is 19.8 Å². The normalized spacial score (nSPS) is 29.1. The van der Waals surface area contributed by atoms with Crippen molar-refractivity contribution in [3.8, 4) is 0 Å². The number of rotatable bonds is 3. The molecule has 2 unspecified atom stereocenters. The van der Waals surface area contributed by atoms with Crippen molar-refractivity contribution in [1.82, 2.24) is 0 Å². The smallest absolute Gasteiger partial charge is 0.306 e. The van der Waals surface area contributed by atoms with E-state index in [1.165, 1.54) is 0 Å². The van der Waals surface area contributed by atoms with Crippen LogP contribution in [0.3, 0.4) is 0 Å². The molecule has 2 N–H and O–H groups in total. The SMILES string of the molecule is O=C(O)CC1CCC1C(=O)O. The average molecular weight is 158 g/mol. The largest absolute Gasteiger partial charge is 0.481 e. The maximum absolute atomic E-state index is 10.4. The van der Waals surface area contributed by atoms with Gasteiger partial charge in [0.1, 0.15) is 0 Å². The summed E-state index contributed by atoms with van der Waals surface area (Å²) in [4.78, 5) is 20.6. The van der Waals surface area contributed by atoms with Crippen molar-refractivity contribution in [3.05, 3.63) is 0 Å². The van der Waals surface area contributed by atoms with Gasteiger partial charge in [0.05, 0.1) is 5.92 Å². The van der Waals surface area contributed by atoms with E-state index in [2.05, 4.69) is 0 Å². The summed E-state index contributed by atoms with van der Waals surface area (Å²) >= 11 is 0. The molecule has 0 saturated heterocycles. The van der Waals surface area contributed by atoms with Crippen molar-refractivity contribution in [2.45, 2.75) is 19.3 Å². The predicted molar refractivity (Wildman–Crippen MR) is 36.1 cm³/mol. The molecule has 2 atom stereocenters. The van der Waals surface area contributed by atoms with Crippen LogP contribution in [0, 0.1) is 11.8 Å². The second kappa shape index (κ2) is 2.90. The molecule has 0 aromatic rings. The standard InChI is InChI=1S/C7H10O4/c8-6(9)3-4-1-2-5(4)7(10)11/h4-5H,1-3H2,(H,8,9)(H,10,11). The van der Waals surface area contributed by atoms with E-state index >= 15 is 0 Å². The summed E-state index contributed by atoms with van der Waals surface area (Å²) in [5.74, 6) is -2.31. The van der Waals surface area contributed by atoms with Gasteiger partial charge in [-0.3, -0.25) is 9.59 Å². The summed E-state index contributed by atoms with van der Waals surface area (Å²) in [5.41, 5.74) is 0. The molecule has 62 valence electrons. The number of carboxylic acid groups (broad SMARTS) is 2. The lowest BCUT2D eigenvalue weighted by molar-refractivity contribution is -0.150. The van der Waals surface area contributed by atoms with Crippen LogP contribution in [0.15, 0.2) is 0 Å². The first-order chi connectivity index (χ1) is 5.11. The Bertz CT molecular complexity index is 187. The minimum absolute atomic E-state index is 0.00301. The van der Waals surface area contributed by atoms with Gasteiger partial charge in [0, 0.05) is 6.42 Å². The lowest BCUT2D eigenvalue weighted by Gasteiger charge is -2.31. The van der Waals surface area contributed by atoms with Gasteiger partial charge in [0.25, 0.3) is 0 Å². The molecule has 0 aliphatic heterocycles. The molecule has 0 bridgehead atoms. The Morgan fingerprint density at radius 3 is 2.18 bits per heavy atom. The van der Waals surface area contributed by atoms with Crippen molar-refractivity contribution in [2.24, 2.45) is 11.8 Å². The van der Waals surface area contributed by atoms with Gasteiger partial charge < -0.3 is 10.2 Å². The highest BCUT2D eigenvalue weighted by atomic mass is 16.4.